The number of aliphatic carboxylic acids is 1. The quantitative estimate of drug-likeness (QED) is 0.823. The van der Waals surface area contributed by atoms with Gasteiger partial charge in [-0.3, -0.25) is 9.69 Å². The molecule has 0 aromatic heterocycles. The van der Waals surface area contributed by atoms with E-state index < -0.39 is 5.97 Å². The predicted octanol–water partition coefficient (Wildman–Crippen LogP) is 1.58. The SMILES string of the molecule is [B]c1ccc(COc2ccc(CN3CC(C(=O)O)C3)cc2)cc1. The third-order valence-corrected chi connectivity index (χ3v) is 4.02. The minimum absolute atomic E-state index is 0.211. The van der Waals surface area contributed by atoms with Crippen molar-refractivity contribution in [1.29, 1.82) is 0 Å². The second kappa shape index (κ2) is 6.88. The fraction of sp³-hybridized carbons (Fsp3) is 0.278. The van der Waals surface area contributed by atoms with Gasteiger partial charge in [-0.1, -0.05) is 41.9 Å². The highest BCUT2D eigenvalue weighted by molar-refractivity contribution is 6.32. The molecule has 0 amide bonds. The molecule has 1 heterocycles. The number of hydrogen-bond donors (Lipinski definition) is 1. The Bertz CT molecular complexity index is 664. The lowest BCUT2D eigenvalue weighted by atomic mass is 9.95. The van der Waals surface area contributed by atoms with E-state index in [0.29, 0.717) is 19.7 Å². The summed E-state index contributed by atoms with van der Waals surface area (Å²) in [6.07, 6.45) is 0. The van der Waals surface area contributed by atoms with Crippen molar-refractivity contribution >= 4 is 19.3 Å². The smallest absolute Gasteiger partial charge is 0.309 e. The van der Waals surface area contributed by atoms with Crippen molar-refractivity contribution in [2.45, 2.75) is 13.2 Å². The highest BCUT2D eigenvalue weighted by atomic mass is 16.5. The number of likely N-dealkylation sites (tertiary alicyclic amines) is 1. The summed E-state index contributed by atoms with van der Waals surface area (Å²) in [5.74, 6) is -0.0946. The fourth-order valence-corrected chi connectivity index (χ4v) is 2.58. The first kappa shape index (κ1) is 15.6. The molecule has 1 saturated heterocycles. The number of rotatable bonds is 6. The van der Waals surface area contributed by atoms with Gasteiger partial charge in [0.25, 0.3) is 0 Å². The van der Waals surface area contributed by atoms with Gasteiger partial charge in [0.05, 0.1) is 5.92 Å². The van der Waals surface area contributed by atoms with Crippen molar-refractivity contribution in [1.82, 2.24) is 4.90 Å². The summed E-state index contributed by atoms with van der Waals surface area (Å²) in [5.41, 5.74) is 2.98. The van der Waals surface area contributed by atoms with E-state index in [4.69, 9.17) is 17.7 Å². The topological polar surface area (TPSA) is 49.8 Å². The van der Waals surface area contributed by atoms with Gasteiger partial charge in [-0.15, -0.1) is 0 Å². The minimum Gasteiger partial charge on any atom is -0.489 e. The lowest BCUT2D eigenvalue weighted by molar-refractivity contribution is -0.147. The first-order valence-electron chi connectivity index (χ1n) is 7.61. The zero-order valence-electron chi connectivity index (χ0n) is 12.8. The molecule has 23 heavy (non-hydrogen) atoms. The Morgan fingerprint density at radius 1 is 1.09 bits per heavy atom. The normalized spacial score (nSPS) is 15.1. The molecule has 1 aliphatic heterocycles. The van der Waals surface area contributed by atoms with Crippen LogP contribution in [-0.4, -0.2) is 36.9 Å². The average molecular weight is 307 g/mol. The lowest BCUT2D eigenvalue weighted by Gasteiger charge is -2.36. The molecule has 5 heteroatoms. The van der Waals surface area contributed by atoms with Gasteiger partial charge in [0.15, 0.2) is 0 Å². The first-order chi connectivity index (χ1) is 11.1. The van der Waals surface area contributed by atoms with Gasteiger partial charge in [-0.25, -0.2) is 0 Å². The summed E-state index contributed by atoms with van der Waals surface area (Å²) in [4.78, 5) is 12.9. The van der Waals surface area contributed by atoms with Crippen LogP contribution in [0.1, 0.15) is 11.1 Å². The minimum atomic E-state index is -0.701. The zero-order chi connectivity index (χ0) is 16.2. The van der Waals surface area contributed by atoms with Gasteiger partial charge >= 0.3 is 5.97 Å². The predicted molar refractivity (Wildman–Crippen MR) is 89.0 cm³/mol. The molecular formula is C18H18BNO3. The maximum atomic E-state index is 10.8. The Kier molecular flexibility index (Phi) is 4.67. The highest BCUT2D eigenvalue weighted by Crippen LogP contribution is 2.20. The van der Waals surface area contributed by atoms with Crippen LogP contribution in [0.25, 0.3) is 0 Å². The third kappa shape index (κ3) is 4.14. The van der Waals surface area contributed by atoms with Crippen molar-refractivity contribution in [3.05, 3.63) is 59.7 Å². The molecule has 1 fully saturated rings. The maximum absolute atomic E-state index is 10.8. The molecule has 2 aromatic carbocycles. The highest BCUT2D eigenvalue weighted by Gasteiger charge is 2.31. The molecule has 0 bridgehead atoms. The summed E-state index contributed by atoms with van der Waals surface area (Å²) >= 11 is 0. The van der Waals surface area contributed by atoms with Crippen LogP contribution in [0.2, 0.25) is 0 Å². The summed E-state index contributed by atoms with van der Waals surface area (Å²) < 4.78 is 5.75. The van der Waals surface area contributed by atoms with Crippen LogP contribution >= 0.6 is 0 Å². The van der Waals surface area contributed by atoms with E-state index >= 15 is 0 Å². The second-order valence-corrected chi connectivity index (χ2v) is 5.90. The van der Waals surface area contributed by atoms with E-state index in [0.717, 1.165) is 28.9 Å². The standard InChI is InChI=1S/C18H18BNO3/c19-16-5-1-14(2-6-16)12-23-17-7-3-13(4-8-17)9-20-10-15(11-20)18(21)22/h1-8,15H,9-12H2,(H,21,22). The molecule has 2 radical (unpaired) electrons. The van der Waals surface area contributed by atoms with Crippen molar-refractivity contribution in [2.75, 3.05) is 13.1 Å². The van der Waals surface area contributed by atoms with Gasteiger partial charge < -0.3 is 9.84 Å². The lowest BCUT2D eigenvalue weighted by Crippen LogP contribution is -2.49. The van der Waals surface area contributed by atoms with Crippen LogP contribution in [-0.2, 0) is 17.9 Å². The number of benzene rings is 2. The Morgan fingerprint density at radius 3 is 2.30 bits per heavy atom. The van der Waals surface area contributed by atoms with Gasteiger partial charge in [-0.2, -0.15) is 0 Å². The molecule has 4 nitrogen and oxygen atoms in total. The molecule has 0 saturated carbocycles. The van der Waals surface area contributed by atoms with Crippen molar-refractivity contribution < 1.29 is 14.6 Å². The maximum Gasteiger partial charge on any atom is 0.309 e. The number of hydrogen-bond acceptors (Lipinski definition) is 3. The Hall–Kier alpha value is -2.27. The first-order valence-corrected chi connectivity index (χ1v) is 7.61. The summed E-state index contributed by atoms with van der Waals surface area (Å²) in [7, 11) is 5.65. The van der Waals surface area contributed by atoms with E-state index in [2.05, 4.69) is 4.90 Å². The Morgan fingerprint density at radius 2 is 1.70 bits per heavy atom. The van der Waals surface area contributed by atoms with Crippen LogP contribution < -0.4 is 10.2 Å². The number of carboxylic acid groups (broad SMARTS) is 1. The zero-order valence-corrected chi connectivity index (χ0v) is 12.8. The monoisotopic (exact) mass is 307 g/mol. The summed E-state index contributed by atoms with van der Waals surface area (Å²) in [6, 6.07) is 15.6. The van der Waals surface area contributed by atoms with Gasteiger partial charge in [-0.05, 0) is 23.3 Å². The molecule has 3 rings (SSSR count). The van der Waals surface area contributed by atoms with Crippen molar-refractivity contribution in [3.63, 3.8) is 0 Å². The van der Waals surface area contributed by atoms with E-state index in [-0.39, 0.29) is 5.92 Å². The van der Waals surface area contributed by atoms with Crippen LogP contribution in [0, 0.1) is 5.92 Å². The van der Waals surface area contributed by atoms with Crippen LogP contribution in [0.4, 0.5) is 0 Å². The molecule has 0 aliphatic carbocycles. The summed E-state index contributed by atoms with van der Waals surface area (Å²) in [6.45, 7) is 2.55. The molecule has 0 spiro atoms. The number of nitrogens with zero attached hydrogens (tertiary/aromatic N) is 1. The van der Waals surface area contributed by atoms with Crippen molar-refractivity contribution in [2.24, 2.45) is 5.92 Å². The summed E-state index contributed by atoms with van der Waals surface area (Å²) in [5, 5.41) is 8.87. The van der Waals surface area contributed by atoms with E-state index in [1.165, 1.54) is 0 Å². The van der Waals surface area contributed by atoms with E-state index in [1.54, 1.807) is 0 Å². The van der Waals surface area contributed by atoms with Crippen LogP contribution in [0.3, 0.4) is 0 Å². The fourth-order valence-electron chi connectivity index (χ4n) is 2.58. The second-order valence-electron chi connectivity index (χ2n) is 5.90. The van der Waals surface area contributed by atoms with E-state index in [1.807, 2.05) is 48.5 Å². The molecule has 116 valence electrons. The Balaban J connectivity index is 1.47. The molecule has 1 aliphatic rings. The number of ether oxygens (including phenoxy) is 1. The van der Waals surface area contributed by atoms with Crippen molar-refractivity contribution in [3.8, 4) is 5.75 Å². The number of carboxylic acids is 1. The largest absolute Gasteiger partial charge is 0.489 e. The van der Waals surface area contributed by atoms with Crippen LogP contribution in [0.5, 0.6) is 5.75 Å². The van der Waals surface area contributed by atoms with Gasteiger partial charge in [0.1, 0.15) is 20.2 Å². The molecular weight excluding hydrogens is 289 g/mol. The van der Waals surface area contributed by atoms with Gasteiger partial charge in [0.2, 0.25) is 0 Å². The molecule has 1 N–H and O–H groups in total. The average Bonchev–Trinajstić information content (AvgIpc) is 2.51. The van der Waals surface area contributed by atoms with Gasteiger partial charge in [0, 0.05) is 19.6 Å². The molecule has 0 atom stereocenters. The molecule has 0 unspecified atom stereocenters. The molecule has 2 aromatic rings. The third-order valence-electron chi connectivity index (χ3n) is 4.02. The van der Waals surface area contributed by atoms with E-state index in [9.17, 15) is 4.79 Å². The Labute approximate surface area is 137 Å². The van der Waals surface area contributed by atoms with Crippen LogP contribution in [0.15, 0.2) is 48.5 Å². The number of carbonyl (C=O) groups is 1.